The van der Waals surface area contributed by atoms with Crippen molar-refractivity contribution in [2.45, 2.75) is 19.4 Å². The van der Waals surface area contributed by atoms with Crippen molar-refractivity contribution in [3.05, 3.63) is 61.2 Å². The highest BCUT2D eigenvalue weighted by molar-refractivity contribution is 9.11. The number of benzene rings is 1. The van der Waals surface area contributed by atoms with Crippen molar-refractivity contribution in [2.75, 3.05) is 6.54 Å². The molecule has 0 amide bonds. The summed E-state index contributed by atoms with van der Waals surface area (Å²) in [5.41, 5.74) is 2.33. The van der Waals surface area contributed by atoms with E-state index in [-0.39, 0.29) is 6.04 Å². The molecule has 20 heavy (non-hydrogen) atoms. The number of likely N-dealkylation sites (N-methyl/N-ethyl adjacent to an activating group) is 1. The Balaban J connectivity index is 2.23. The summed E-state index contributed by atoms with van der Waals surface area (Å²) in [5.74, 6) is 0. The van der Waals surface area contributed by atoms with E-state index in [1.54, 1.807) is 0 Å². The number of aromatic nitrogens is 1. The number of pyridine rings is 1. The van der Waals surface area contributed by atoms with E-state index in [0.29, 0.717) is 0 Å². The quantitative estimate of drug-likeness (QED) is 0.655. The van der Waals surface area contributed by atoms with E-state index >= 15 is 0 Å². The monoisotopic (exact) mass is 460 g/mol. The zero-order chi connectivity index (χ0) is 14.5. The molecule has 0 bridgehead atoms. The summed E-state index contributed by atoms with van der Waals surface area (Å²) in [7, 11) is 0. The van der Waals surface area contributed by atoms with Crippen molar-refractivity contribution in [3.63, 3.8) is 0 Å². The Morgan fingerprint density at radius 1 is 1.05 bits per heavy atom. The second-order valence-electron chi connectivity index (χ2n) is 4.48. The lowest BCUT2D eigenvalue weighted by Gasteiger charge is -2.19. The molecule has 1 aromatic heterocycles. The van der Waals surface area contributed by atoms with Crippen molar-refractivity contribution in [2.24, 2.45) is 0 Å². The molecular weight excluding hydrogens is 448 g/mol. The average Bonchev–Trinajstić information content (AvgIpc) is 2.39. The predicted molar refractivity (Wildman–Crippen MR) is 93.9 cm³/mol. The van der Waals surface area contributed by atoms with Crippen LogP contribution in [0, 0.1) is 0 Å². The van der Waals surface area contributed by atoms with Crippen molar-refractivity contribution >= 4 is 47.8 Å². The summed E-state index contributed by atoms with van der Waals surface area (Å²) in [6, 6.07) is 10.7. The largest absolute Gasteiger partial charge is 0.310 e. The first-order valence-electron chi connectivity index (χ1n) is 6.38. The van der Waals surface area contributed by atoms with Crippen LogP contribution < -0.4 is 5.32 Å². The van der Waals surface area contributed by atoms with Crippen LogP contribution in [0.5, 0.6) is 0 Å². The van der Waals surface area contributed by atoms with E-state index in [2.05, 4.69) is 83.2 Å². The lowest BCUT2D eigenvalue weighted by Crippen LogP contribution is -2.23. The average molecular weight is 463 g/mol. The van der Waals surface area contributed by atoms with E-state index in [9.17, 15) is 0 Å². The standard InChI is InChI=1S/C15H15Br3N2/c1-2-19-15(8-14-4-3-11(16)9-20-14)10-5-12(17)7-13(18)6-10/h3-7,9,15,19H,2,8H2,1H3. The van der Waals surface area contributed by atoms with Gasteiger partial charge in [0.2, 0.25) is 0 Å². The first kappa shape index (κ1) is 16.1. The zero-order valence-electron chi connectivity index (χ0n) is 11.0. The number of rotatable bonds is 5. The van der Waals surface area contributed by atoms with Gasteiger partial charge in [-0.25, -0.2) is 0 Å². The number of halogens is 3. The van der Waals surface area contributed by atoms with Gasteiger partial charge in [0.15, 0.2) is 0 Å². The van der Waals surface area contributed by atoms with Crippen LogP contribution in [0.25, 0.3) is 0 Å². The Hall–Kier alpha value is -0.230. The number of nitrogens with zero attached hydrogens (tertiary/aromatic N) is 1. The Labute approximate surface area is 144 Å². The molecule has 0 saturated heterocycles. The molecule has 1 heterocycles. The summed E-state index contributed by atoms with van der Waals surface area (Å²) in [6.07, 6.45) is 2.71. The Kier molecular flexibility index (Phi) is 6.20. The fourth-order valence-electron chi connectivity index (χ4n) is 2.07. The third kappa shape index (κ3) is 4.65. The van der Waals surface area contributed by atoms with Crippen molar-refractivity contribution in [3.8, 4) is 0 Å². The van der Waals surface area contributed by atoms with Gasteiger partial charge in [0.05, 0.1) is 0 Å². The van der Waals surface area contributed by atoms with Gasteiger partial charge >= 0.3 is 0 Å². The van der Waals surface area contributed by atoms with E-state index < -0.39 is 0 Å². The molecule has 2 aromatic rings. The second-order valence-corrected chi connectivity index (χ2v) is 7.23. The van der Waals surface area contributed by atoms with E-state index in [0.717, 1.165) is 32.1 Å². The van der Waals surface area contributed by atoms with Gasteiger partial charge in [-0.1, -0.05) is 38.8 Å². The number of hydrogen-bond donors (Lipinski definition) is 1. The highest BCUT2D eigenvalue weighted by Gasteiger charge is 2.13. The van der Waals surface area contributed by atoms with Crippen molar-refractivity contribution in [1.82, 2.24) is 10.3 Å². The number of nitrogens with one attached hydrogen (secondary N) is 1. The van der Waals surface area contributed by atoms with Gasteiger partial charge in [-0.3, -0.25) is 4.98 Å². The highest BCUT2D eigenvalue weighted by atomic mass is 79.9. The summed E-state index contributed by atoms with van der Waals surface area (Å²) in [6.45, 7) is 3.04. The van der Waals surface area contributed by atoms with E-state index in [1.165, 1.54) is 5.56 Å². The molecule has 1 aromatic carbocycles. The zero-order valence-corrected chi connectivity index (χ0v) is 15.8. The smallest absolute Gasteiger partial charge is 0.0423 e. The molecular formula is C15H15Br3N2. The minimum atomic E-state index is 0.252. The van der Waals surface area contributed by atoms with Gasteiger partial charge in [0, 0.05) is 37.8 Å². The topological polar surface area (TPSA) is 24.9 Å². The summed E-state index contributed by atoms with van der Waals surface area (Å²) in [4.78, 5) is 4.46. The molecule has 2 rings (SSSR count). The Morgan fingerprint density at radius 2 is 1.75 bits per heavy atom. The fourth-order valence-corrected chi connectivity index (χ4v) is 3.63. The molecule has 0 aliphatic heterocycles. The maximum Gasteiger partial charge on any atom is 0.0423 e. The van der Waals surface area contributed by atoms with Crippen LogP contribution in [0.3, 0.4) is 0 Å². The predicted octanol–water partition coefficient (Wildman–Crippen LogP) is 5.26. The van der Waals surface area contributed by atoms with Gasteiger partial charge in [-0.05, 0) is 58.4 Å². The van der Waals surface area contributed by atoms with Crippen LogP contribution in [0.15, 0.2) is 49.9 Å². The molecule has 0 aliphatic rings. The van der Waals surface area contributed by atoms with E-state index in [4.69, 9.17) is 0 Å². The molecule has 1 unspecified atom stereocenters. The minimum Gasteiger partial charge on any atom is -0.310 e. The van der Waals surface area contributed by atoms with Crippen molar-refractivity contribution in [1.29, 1.82) is 0 Å². The molecule has 5 heteroatoms. The number of hydrogen-bond acceptors (Lipinski definition) is 2. The van der Waals surface area contributed by atoms with Crippen LogP contribution in [-0.4, -0.2) is 11.5 Å². The molecule has 106 valence electrons. The molecule has 0 saturated carbocycles. The summed E-state index contributed by atoms with van der Waals surface area (Å²) >= 11 is 10.5. The maximum absolute atomic E-state index is 4.46. The maximum atomic E-state index is 4.46. The van der Waals surface area contributed by atoms with Crippen LogP contribution in [-0.2, 0) is 6.42 Å². The van der Waals surface area contributed by atoms with Gasteiger partial charge in [0.25, 0.3) is 0 Å². The molecule has 0 spiro atoms. The van der Waals surface area contributed by atoms with Crippen LogP contribution in [0.2, 0.25) is 0 Å². The molecule has 1 atom stereocenters. The molecule has 2 nitrogen and oxygen atoms in total. The Morgan fingerprint density at radius 3 is 2.30 bits per heavy atom. The van der Waals surface area contributed by atoms with Crippen LogP contribution >= 0.6 is 47.8 Å². The van der Waals surface area contributed by atoms with Crippen LogP contribution in [0.4, 0.5) is 0 Å². The first-order chi connectivity index (χ1) is 9.58. The lowest BCUT2D eigenvalue weighted by molar-refractivity contribution is 0.543. The Bertz CT molecular complexity index is 550. The molecule has 1 N–H and O–H groups in total. The highest BCUT2D eigenvalue weighted by Crippen LogP contribution is 2.26. The fraction of sp³-hybridized carbons (Fsp3) is 0.267. The third-order valence-corrected chi connectivity index (χ3v) is 4.32. The van der Waals surface area contributed by atoms with Gasteiger partial charge in [-0.15, -0.1) is 0 Å². The molecule has 0 aliphatic carbocycles. The van der Waals surface area contributed by atoms with Gasteiger partial charge in [-0.2, -0.15) is 0 Å². The van der Waals surface area contributed by atoms with Crippen molar-refractivity contribution < 1.29 is 0 Å². The SMILES string of the molecule is CCNC(Cc1ccc(Br)cn1)c1cc(Br)cc(Br)c1. The summed E-state index contributed by atoms with van der Waals surface area (Å²) < 4.78 is 3.16. The first-order valence-corrected chi connectivity index (χ1v) is 8.76. The second kappa shape index (κ2) is 7.69. The third-order valence-electron chi connectivity index (χ3n) is 2.94. The molecule has 0 radical (unpaired) electrons. The van der Waals surface area contributed by atoms with Crippen LogP contribution in [0.1, 0.15) is 24.2 Å². The van der Waals surface area contributed by atoms with Gasteiger partial charge in [0.1, 0.15) is 0 Å². The molecule has 0 fully saturated rings. The van der Waals surface area contributed by atoms with E-state index in [1.807, 2.05) is 18.3 Å². The normalized spacial score (nSPS) is 12.4. The minimum absolute atomic E-state index is 0.252. The lowest BCUT2D eigenvalue weighted by atomic mass is 10.0. The van der Waals surface area contributed by atoms with Gasteiger partial charge < -0.3 is 5.32 Å². The summed E-state index contributed by atoms with van der Waals surface area (Å²) in [5, 5.41) is 3.52.